The summed E-state index contributed by atoms with van der Waals surface area (Å²) in [6.07, 6.45) is 1.24. The number of ether oxygens (including phenoxy) is 1. The third-order valence-corrected chi connectivity index (χ3v) is 5.63. The van der Waals surface area contributed by atoms with Crippen molar-refractivity contribution in [2.45, 2.75) is 17.5 Å². The van der Waals surface area contributed by atoms with Crippen molar-refractivity contribution < 1.29 is 13.2 Å². The Balaban J connectivity index is 1.74. The molecule has 0 aliphatic carbocycles. The molecule has 2 aliphatic heterocycles. The first kappa shape index (κ1) is 15.9. The van der Waals surface area contributed by atoms with Crippen LogP contribution in [-0.4, -0.2) is 70.4 Å². The van der Waals surface area contributed by atoms with E-state index in [1.165, 1.54) is 6.26 Å². The molecule has 22 heavy (non-hydrogen) atoms. The molecule has 0 unspecified atom stereocenters. The van der Waals surface area contributed by atoms with E-state index in [-0.39, 0.29) is 0 Å². The van der Waals surface area contributed by atoms with Crippen LogP contribution < -0.4 is 0 Å². The van der Waals surface area contributed by atoms with E-state index in [9.17, 15) is 8.42 Å². The van der Waals surface area contributed by atoms with Crippen molar-refractivity contribution in [1.29, 1.82) is 0 Å². The van der Waals surface area contributed by atoms with Crippen LogP contribution in [0.25, 0.3) is 0 Å². The number of hydrogen-bond acceptors (Lipinski definition) is 5. The van der Waals surface area contributed by atoms with Gasteiger partial charge in [-0.2, -0.15) is 0 Å². The molecule has 0 amide bonds. The van der Waals surface area contributed by atoms with E-state index >= 15 is 0 Å². The average Bonchev–Trinajstić information content (AvgIpc) is 2.68. The standard InChI is InChI=1S/C16H24N2O3S/c1-17-7-14-9-18(15(10-17)12-21-11-14)8-13-3-5-16(6-4-13)22(2,19)20/h3-6,14-15H,7-12H2,1-2H3/t14-,15-/m0/s1. The molecule has 122 valence electrons. The van der Waals surface area contributed by atoms with Gasteiger partial charge in [-0.3, -0.25) is 4.90 Å². The first-order valence-corrected chi connectivity index (χ1v) is 9.60. The minimum atomic E-state index is -3.12. The SMILES string of the molecule is CN1C[C@@H]2COC[C@H](C1)N(Cc1ccc(S(C)(=O)=O)cc1)C2. The summed E-state index contributed by atoms with van der Waals surface area (Å²) < 4.78 is 28.9. The molecule has 0 N–H and O–H groups in total. The highest BCUT2D eigenvalue weighted by Crippen LogP contribution is 2.21. The Morgan fingerprint density at radius 1 is 1.14 bits per heavy atom. The molecule has 3 rings (SSSR count). The monoisotopic (exact) mass is 324 g/mol. The maximum atomic E-state index is 11.5. The predicted octanol–water partition coefficient (Wildman–Crippen LogP) is 0.853. The molecule has 0 spiro atoms. The lowest BCUT2D eigenvalue weighted by Gasteiger charge is -2.29. The molecule has 2 bridgehead atoms. The topological polar surface area (TPSA) is 49.9 Å². The Morgan fingerprint density at radius 2 is 1.86 bits per heavy atom. The summed E-state index contributed by atoms with van der Waals surface area (Å²) in [5, 5.41) is 0. The summed E-state index contributed by atoms with van der Waals surface area (Å²) in [5.41, 5.74) is 1.16. The van der Waals surface area contributed by atoms with Crippen molar-refractivity contribution in [1.82, 2.24) is 9.80 Å². The smallest absolute Gasteiger partial charge is 0.175 e. The quantitative estimate of drug-likeness (QED) is 0.825. The van der Waals surface area contributed by atoms with Gasteiger partial charge in [0.15, 0.2) is 9.84 Å². The van der Waals surface area contributed by atoms with Gasteiger partial charge >= 0.3 is 0 Å². The maximum Gasteiger partial charge on any atom is 0.175 e. The number of hydrogen-bond donors (Lipinski definition) is 0. The van der Waals surface area contributed by atoms with Crippen LogP contribution in [-0.2, 0) is 21.1 Å². The largest absolute Gasteiger partial charge is 0.379 e. The summed E-state index contributed by atoms with van der Waals surface area (Å²) in [5.74, 6) is 0.549. The summed E-state index contributed by atoms with van der Waals surface area (Å²) in [4.78, 5) is 5.26. The highest BCUT2D eigenvalue weighted by atomic mass is 32.2. The van der Waals surface area contributed by atoms with Crippen LogP contribution >= 0.6 is 0 Å². The fourth-order valence-electron chi connectivity index (χ4n) is 3.43. The molecular formula is C16H24N2O3S. The van der Waals surface area contributed by atoms with Crippen molar-refractivity contribution in [3.8, 4) is 0 Å². The number of likely N-dealkylation sites (N-methyl/N-ethyl adjacent to an activating group) is 1. The van der Waals surface area contributed by atoms with Gasteiger partial charge < -0.3 is 9.64 Å². The van der Waals surface area contributed by atoms with E-state index in [2.05, 4.69) is 16.8 Å². The van der Waals surface area contributed by atoms with Crippen molar-refractivity contribution in [3.63, 3.8) is 0 Å². The molecule has 2 fully saturated rings. The molecule has 1 aromatic carbocycles. The lowest BCUT2D eigenvalue weighted by atomic mass is 10.1. The lowest BCUT2D eigenvalue weighted by Crippen LogP contribution is -2.42. The van der Waals surface area contributed by atoms with Crippen molar-refractivity contribution in [2.75, 3.05) is 46.2 Å². The Bertz CT molecular complexity index is 615. The Morgan fingerprint density at radius 3 is 2.55 bits per heavy atom. The predicted molar refractivity (Wildman–Crippen MR) is 85.6 cm³/mol. The first-order chi connectivity index (χ1) is 10.4. The van der Waals surface area contributed by atoms with Crippen molar-refractivity contribution >= 4 is 9.84 Å². The van der Waals surface area contributed by atoms with Gasteiger partial charge in [-0.25, -0.2) is 8.42 Å². The molecule has 5 nitrogen and oxygen atoms in total. The second kappa shape index (κ2) is 6.28. The second-order valence-corrected chi connectivity index (χ2v) is 8.64. The molecule has 0 aromatic heterocycles. The Kier molecular flexibility index (Phi) is 4.54. The zero-order valence-corrected chi connectivity index (χ0v) is 14.1. The third-order valence-electron chi connectivity index (χ3n) is 4.50. The minimum absolute atomic E-state index is 0.383. The number of fused-ring (bicyclic) bond motifs is 3. The van der Waals surface area contributed by atoms with Gasteiger partial charge in [-0.1, -0.05) is 12.1 Å². The maximum absolute atomic E-state index is 11.5. The van der Waals surface area contributed by atoms with Gasteiger partial charge in [-0.15, -0.1) is 0 Å². The molecule has 6 heteroatoms. The van der Waals surface area contributed by atoms with Gasteiger partial charge in [0, 0.05) is 44.4 Å². The van der Waals surface area contributed by atoms with E-state index in [0.29, 0.717) is 16.9 Å². The first-order valence-electron chi connectivity index (χ1n) is 7.71. The molecule has 0 radical (unpaired) electrons. The lowest BCUT2D eigenvalue weighted by molar-refractivity contribution is 0.0562. The van der Waals surface area contributed by atoms with E-state index in [1.807, 2.05) is 12.1 Å². The highest BCUT2D eigenvalue weighted by molar-refractivity contribution is 7.90. The summed E-state index contributed by atoms with van der Waals surface area (Å²) in [6, 6.07) is 7.67. The van der Waals surface area contributed by atoms with Gasteiger partial charge in [0.05, 0.1) is 18.1 Å². The third kappa shape index (κ3) is 3.68. The van der Waals surface area contributed by atoms with Crippen LogP contribution in [0.1, 0.15) is 5.56 Å². The van der Waals surface area contributed by atoms with Crippen molar-refractivity contribution in [2.24, 2.45) is 5.92 Å². The number of sulfone groups is 1. The van der Waals surface area contributed by atoms with E-state index < -0.39 is 9.84 Å². The fraction of sp³-hybridized carbons (Fsp3) is 0.625. The number of rotatable bonds is 3. The zero-order chi connectivity index (χ0) is 15.7. The molecule has 0 saturated carbocycles. The van der Waals surface area contributed by atoms with Crippen LogP contribution in [0.4, 0.5) is 0 Å². The van der Waals surface area contributed by atoms with E-state index in [4.69, 9.17) is 4.74 Å². The molecule has 2 aliphatic rings. The van der Waals surface area contributed by atoms with Crippen LogP contribution in [0.2, 0.25) is 0 Å². The summed E-state index contributed by atoms with van der Waals surface area (Å²) in [6.45, 7) is 5.62. The van der Waals surface area contributed by atoms with Crippen LogP contribution in [0.15, 0.2) is 29.2 Å². The molecule has 2 atom stereocenters. The van der Waals surface area contributed by atoms with E-state index in [1.54, 1.807) is 12.1 Å². The summed E-state index contributed by atoms with van der Waals surface area (Å²) >= 11 is 0. The van der Waals surface area contributed by atoms with E-state index in [0.717, 1.165) is 45.0 Å². The zero-order valence-electron chi connectivity index (χ0n) is 13.2. The normalized spacial score (nSPS) is 27.5. The van der Waals surface area contributed by atoms with Gasteiger partial charge in [0.1, 0.15) is 0 Å². The van der Waals surface area contributed by atoms with Crippen molar-refractivity contribution in [3.05, 3.63) is 29.8 Å². The van der Waals surface area contributed by atoms with Crippen LogP contribution in [0.5, 0.6) is 0 Å². The van der Waals surface area contributed by atoms with Gasteiger partial charge in [0.2, 0.25) is 0 Å². The van der Waals surface area contributed by atoms with Gasteiger partial charge in [-0.05, 0) is 24.7 Å². The highest BCUT2D eigenvalue weighted by Gasteiger charge is 2.31. The van der Waals surface area contributed by atoms with Crippen LogP contribution in [0, 0.1) is 5.92 Å². The molecular weight excluding hydrogens is 300 g/mol. The number of benzene rings is 1. The fourth-order valence-corrected chi connectivity index (χ4v) is 4.06. The molecule has 2 heterocycles. The number of nitrogens with zero attached hydrogens (tertiary/aromatic N) is 2. The molecule has 2 saturated heterocycles. The van der Waals surface area contributed by atoms with Crippen LogP contribution in [0.3, 0.4) is 0 Å². The minimum Gasteiger partial charge on any atom is -0.379 e. The van der Waals surface area contributed by atoms with Gasteiger partial charge in [0.25, 0.3) is 0 Å². The summed E-state index contributed by atoms with van der Waals surface area (Å²) in [7, 11) is -0.944. The second-order valence-electron chi connectivity index (χ2n) is 6.62. The molecule has 1 aromatic rings. The average molecular weight is 324 g/mol. The Labute approximate surface area is 132 Å². The Hall–Kier alpha value is -0.950.